The molecule has 0 spiro atoms. The molecule has 0 fully saturated rings. The van der Waals surface area contributed by atoms with Gasteiger partial charge in [0.15, 0.2) is 8.07 Å². The number of rotatable bonds is 6. The topological polar surface area (TPSA) is 8.17 Å². The Bertz CT molecular complexity index is 3050. The molecule has 3 aliphatic rings. The quantitative estimate of drug-likeness (QED) is 0.120. The van der Waals surface area contributed by atoms with Gasteiger partial charge in [-0.15, -0.1) is 0 Å². The van der Waals surface area contributed by atoms with Gasteiger partial charge >= 0.3 is 0 Å². The zero-order chi connectivity index (χ0) is 40.0. The minimum atomic E-state index is -2.88. The Morgan fingerprint density at radius 1 is 0.500 bits per heavy atom. The highest BCUT2D eigenvalue weighted by atomic mass is 28.3. The van der Waals surface area contributed by atoms with Crippen molar-refractivity contribution in [1.82, 2.24) is 4.57 Å². The number of para-hydroxylation sites is 3. The van der Waals surface area contributed by atoms with Crippen LogP contribution in [0.5, 0.6) is 0 Å². The van der Waals surface area contributed by atoms with Crippen molar-refractivity contribution in [3.63, 3.8) is 0 Å². The lowest BCUT2D eigenvalue weighted by Crippen LogP contribution is -2.74. The summed E-state index contributed by atoms with van der Waals surface area (Å²) >= 11 is 0. The number of anilines is 2. The van der Waals surface area contributed by atoms with Crippen molar-refractivity contribution in [3.05, 3.63) is 229 Å². The maximum Gasteiger partial charge on any atom is 0.179 e. The number of aromatic nitrogens is 1. The number of allylic oxidation sites excluding steroid dienone is 1. The van der Waals surface area contributed by atoms with Crippen LogP contribution in [0.15, 0.2) is 212 Å². The van der Waals surface area contributed by atoms with E-state index < -0.39 is 8.07 Å². The number of fused-ring (bicyclic) bond motifs is 9. The van der Waals surface area contributed by atoms with Gasteiger partial charge in [-0.2, -0.15) is 0 Å². The predicted octanol–water partition coefficient (Wildman–Crippen LogP) is 11.3. The Morgan fingerprint density at radius 3 is 1.77 bits per heavy atom. The maximum atomic E-state index is 2.71. The highest BCUT2D eigenvalue weighted by molar-refractivity contribution is 7.19. The van der Waals surface area contributed by atoms with E-state index >= 15 is 0 Å². The molecule has 0 amide bonds. The highest BCUT2D eigenvalue weighted by Crippen LogP contribution is 2.61. The largest absolute Gasteiger partial charge is 0.333 e. The normalized spacial score (nSPS) is 17.7. The first-order chi connectivity index (χ1) is 29.5. The van der Waals surface area contributed by atoms with Gasteiger partial charge in [-0.1, -0.05) is 178 Å². The van der Waals surface area contributed by atoms with E-state index in [1.54, 1.807) is 11.1 Å². The van der Waals surface area contributed by atoms with Gasteiger partial charge in [0.1, 0.15) is 0 Å². The molecule has 3 heteroatoms. The highest BCUT2D eigenvalue weighted by Gasteiger charge is 2.52. The van der Waals surface area contributed by atoms with Crippen molar-refractivity contribution in [2.75, 3.05) is 4.90 Å². The molecule has 288 valence electrons. The van der Waals surface area contributed by atoms with Crippen molar-refractivity contribution in [2.24, 2.45) is 0 Å². The third-order valence-corrected chi connectivity index (χ3v) is 19.1. The van der Waals surface area contributed by atoms with E-state index in [0.717, 1.165) is 6.42 Å². The molecule has 2 nitrogen and oxygen atoms in total. The summed E-state index contributed by atoms with van der Waals surface area (Å²) in [5, 5.41) is 8.06. The summed E-state index contributed by atoms with van der Waals surface area (Å²) in [5.41, 5.74) is 13.8. The molecule has 2 heterocycles. The first kappa shape index (κ1) is 35.3. The second kappa shape index (κ2) is 13.4. The smallest absolute Gasteiger partial charge is 0.179 e. The van der Waals surface area contributed by atoms with E-state index in [1.807, 2.05) is 0 Å². The van der Waals surface area contributed by atoms with Gasteiger partial charge in [-0.3, -0.25) is 0 Å². The van der Waals surface area contributed by atoms with Crippen LogP contribution in [0, 0.1) is 0 Å². The summed E-state index contributed by atoms with van der Waals surface area (Å²) in [5.74, 6) is 0.457. The lowest BCUT2D eigenvalue weighted by atomic mass is 9.70. The Morgan fingerprint density at radius 2 is 1.07 bits per heavy atom. The average molecular weight is 787 g/mol. The molecule has 12 rings (SSSR count). The summed E-state index contributed by atoms with van der Waals surface area (Å²) in [7, 11) is -2.88. The van der Waals surface area contributed by atoms with Gasteiger partial charge in [0, 0.05) is 39.2 Å². The minimum Gasteiger partial charge on any atom is -0.333 e. The second-order valence-electron chi connectivity index (χ2n) is 17.5. The van der Waals surface area contributed by atoms with Crippen molar-refractivity contribution in [3.8, 4) is 5.69 Å². The van der Waals surface area contributed by atoms with Crippen LogP contribution in [0.2, 0.25) is 0 Å². The van der Waals surface area contributed by atoms with Crippen molar-refractivity contribution in [1.29, 1.82) is 0 Å². The van der Waals surface area contributed by atoms with E-state index in [2.05, 4.69) is 230 Å². The third kappa shape index (κ3) is 4.93. The molecule has 9 aromatic rings. The van der Waals surface area contributed by atoms with Gasteiger partial charge < -0.3 is 9.47 Å². The fourth-order valence-corrected chi connectivity index (χ4v) is 16.6. The van der Waals surface area contributed by atoms with Gasteiger partial charge in [0.2, 0.25) is 0 Å². The van der Waals surface area contributed by atoms with E-state index in [4.69, 9.17) is 0 Å². The Labute approximate surface area is 353 Å². The van der Waals surface area contributed by atoms with Crippen LogP contribution >= 0.6 is 0 Å². The van der Waals surface area contributed by atoms with Crippen LogP contribution in [-0.4, -0.2) is 18.7 Å². The zero-order valence-electron chi connectivity index (χ0n) is 34.1. The number of hydrogen-bond donors (Lipinski definition) is 0. The molecule has 8 aromatic carbocycles. The van der Waals surface area contributed by atoms with Crippen LogP contribution < -0.4 is 25.6 Å². The van der Waals surface area contributed by atoms with Gasteiger partial charge in [-0.05, 0) is 104 Å². The van der Waals surface area contributed by atoms with Gasteiger partial charge in [-0.25, -0.2) is 0 Å². The molecule has 0 saturated heterocycles. The van der Waals surface area contributed by atoms with E-state index in [0.29, 0.717) is 5.92 Å². The fourth-order valence-electron chi connectivity index (χ4n) is 11.9. The number of benzene rings is 8. The minimum absolute atomic E-state index is 0.0421. The summed E-state index contributed by atoms with van der Waals surface area (Å²) < 4.78 is 2.46. The first-order valence-electron chi connectivity index (χ1n) is 21.6. The van der Waals surface area contributed by atoms with E-state index in [9.17, 15) is 0 Å². The molecular formula is C57H46N2Si. The van der Waals surface area contributed by atoms with E-state index in [1.165, 1.54) is 82.7 Å². The van der Waals surface area contributed by atoms with Crippen molar-refractivity contribution < 1.29 is 0 Å². The average Bonchev–Trinajstić information content (AvgIpc) is 3.91. The van der Waals surface area contributed by atoms with Crippen LogP contribution in [0.1, 0.15) is 49.3 Å². The van der Waals surface area contributed by atoms with Gasteiger partial charge in [0.25, 0.3) is 0 Å². The van der Waals surface area contributed by atoms with E-state index in [-0.39, 0.29) is 11.5 Å². The summed E-state index contributed by atoms with van der Waals surface area (Å²) in [4.78, 5) is 2.71. The third-order valence-electron chi connectivity index (χ3n) is 14.3. The van der Waals surface area contributed by atoms with Gasteiger partial charge in [0.05, 0.1) is 17.1 Å². The molecule has 2 atom stereocenters. The van der Waals surface area contributed by atoms with Crippen molar-refractivity contribution in [2.45, 2.75) is 44.1 Å². The monoisotopic (exact) mass is 786 g/mol. The van der Waals surface area contributed by atoms with Crippen LogP contribution in [-0.2, 0) is 5.41 Å². The molecule has 0 N–H and O–H groups in total. The summed E-state index contributed by atoms with van der Waals surface area (Å²) in [6.07, 6.45) is 2.30. The summed E-state index contributed by atoms with van der Waals surface area (Å²) in [6.45, 7) is 4.93. The van der Waals surface area contributed by atoms with Crippen molar-refractivity contribution >= 4 is 67.6 Å². The SMILES string of the molecule is CC1(C)C2=C(CCC3c4ccccc4N(c4ccc([Si](c5ccccc5)(c5ccccc5)c5cccc(-n6c7ccccc7c7ccccc76)c5)cc4)C23)c2ccccc21. The molecular weight excluding hydrogens is 741 g/mol. The molecule has 1 aliphatic heterocycles. The Kier molecular flexibility index (Phi) is 7.89. The standard InChI is InChI=1S/C57H46N2Si/c1-57(2)51-28-13-9-24-45(51)49-36-37-50-48-27-12-16-31-54(48)59(56(50)55(49)57)39-32-34-43(35-33-39)60(41-19-5-3-6-20-41,42-21-7-4-8-22-42)44-23-17-18-40(38-44)58-52-29-14-10-25-46(52)47-26-11-15-30-53(47)58/h3-35,38,50,56H,36-37H2,1-2H3. The maximum absolute atomic E-state index is 2.88. The molecule has 2 aliphatic carbocycles. The first-order valence-corrected chi connectivity index (χ1v) is 23.6. The Hall–Kier alpha value is -6.68. The molecule has 0 radical (unpaired) electrons. The van der Waals surface area contributed by atoms with Crippen LogP contribution in [0.25, 0.3) is 33.1 Å². The fraction of sp³-hybridized carbons (Fsp3) is 0.123. The number of hydrogen-bond acceptors (Lipinski definition) is 1. The molecule has 2 unspecified atom stereocenters. The zero-order valence-corrected chi connectivity index (χ0v) is 35.1. The van der Waals surface area contributed by atoms with Crippen LogP contribution in [0.4, 0.5) is 11.4 Å². The molecule has 0 bridgehead atoms. The number of nitrogens with zero attached hydrogens (tertiary/aromatic N) is 2. The van der Waals surface area contributed by atoms with Crippen LogP contribution in [0.3, 0.4) is 0 Å². The molecule has 0 saturated carbocycles. The second-order valence-corrected chi connectivity index (χ2v) is 21.3. The molecule has 60 heavy (non-hydrogen) atoms. The summed E-state index contributed by atoms with van der Waals surface area (Å²) in [6, 6.07) is 78.4. The predicted molar refractivity (Wildman–Crippen MR) is 255 cm³/mol. The lowest BCUT2D eigenvalue weighted by molar-refractivity contribution is 0.490. The molecule has 1 aromatic heterocycles. The lowest BCUT2D eigenvalue weighted by Gasteiger charge is -2.41. The Balaban J connectivity index is 1.06.